The molecule has 0 spiro atoms. The molecule has 3 aromatic carbocycles. The number of anilines is 1. The van der Waals surface area contributed by atoms with Gasteiger partial charge < -0.3 is 14.5 Å². The molecule has 1 saturated heterocycles. The molecular formula is C35H39N5O3. The maximum atomic E-state index is 13.5. The average molecular weight is 578 g/mol. The quantitative estimate of drug-likeness (QED) is 0.265. The zero-order valence-electron chi connectivity index (χ0n) is 25.3. The van der Waals surface area contributed by atoms with Crippen LogP contribution in [0, 0.1) is 11.3 Å². The molecule has 2 heterocycles. The predicted molar refractivity (Wildman–Crippen MR) is 169 cm³/mol. The zero-order valence-corrected chi connectivity index (χ0v) is 25.3. The van der Waals surface area contributed by atoms with Crippen LogP contribution in [0.5, 0.6) is 5.75 Å². The van der Waals surface area contributed by atoms with Crippen molar-refractivity contribution < 1.29 is 9.53 Å². The van der Waals surface area contributed by atoms with Crippen LogP contribution in [0.2, 0.25) is 0 Å². The Morgan fingerprint density at radius 1 is 0.953 bits per heavy atom. The van der Waals surface area contributed by atoms with Gasteiger partial charge in [-0.25, -0.2) is 0 Å². The molecule has 0 unspecified atom stereocenters. The molecule has 0 N–H and O–H groups in total. The molecule has 8 nitrogen and oxygen atoms in total. The molecule has 0 saturated carbocycles. The van der Waals surface area contributed by atoms with E-state index in [9.17, 15) is 14.9 Å². The molecule has 0 atom stereocenters. The number of nitrogens with zero attached hydrogens (tertiary/aromatic N) is 5. The molecule has 1 aliphatic heterocycles. The highest BCUT2D eigenvalue weighted by Crippen LogP contribution is 2.29. The van der Waals surface area contributed by atoms with E-state index < -0.39 is 0 Å². The van der Waals surface area contributed by atoms with Crippen LogP contribution in [0.3, 0.4) is 0 Å². The van der Waals surface area contributed by atoms with E-state index in [1.807, 2.05) is 82.4 Å². The first-order valence-electron chi connectivity index (χ1n) is 15.0. The maximum absolute atomic E-state index is 13.5. The van der Waals surface area contributed by atoms with Gasteiger partial charge in [-0.1, -0.05) is 67.9 Å². The molecule has 0 bridgehead atoms. The summed E-state index contributed by atoms with van der Waals surface area (Å²) in [4.78, 5) is 31.2. The normalized spacial score (nSPS) is 13.2. The minimum absolute atomic E-state index is 0.0232. The second-order valence-electron chi connectivity index (χ2n) is 11.0. The number of para-hydroxylation sites is 2. The summed E-state index contributed by atoms with van der Waals surface area (Å²) in [5.74, 6) is 0.856. The Labute approximate surface area is 253 Å². The van der Waals surface area contributed by atoms with Crippen molar-refractivity contribution in [2.45, 2.75) is 39.2 Å². The van der Waals surface area contributed by atoms with Crippen molar-refractivity contribution >= 4 is 11.6 Å². The Hall–Kier alpha value is -4.77. The predicted octanol–water partition coefficient (Wildman–Crippen LogP) is 5.02. The van der Waals surface area contributed by atoms with E-state index in [0.717, 1.165) is 71.7 Å². The summed E-state index contributed by atoms with van der Waals surface area (Å²) in [7, 11) is 3.44. The van der Waals surface area contributed by atoms with E-state index in [2.05, 4.69) is 17.9 Å². The summed E-state index contributed by atoms with van der Waals surface area (Å²) in [5, 5.41) is 9.49. The Bertz CT molecular complexity index is 1670. The third-order valence-corrected chi connectivity index (χ3v) is 8.38. The highest BCUT2D eigenvalue weighted by atomic mass is 16.5. The lowest BCUT2D eigenvalue weighted by atomic mass is 9.97. The molecule has 0 radical (unpaired) electrons. The highest BCUT2D eigenvalue weighted by Gasteiger charge is 2.26. The number of carbonyl (C=O) groups excluding carboxylic acids is 1. The van der Waals surface area contributed by atoms with Gasteiger partial charge in [-0.15, -0.1) is 0 Å². The number of unbranched alkanes of at least 4 members (excludes halogenated alkanes) is 1. The molecule has 1 fully saturated rings. The first-order chi connectivity index (χ1) is 20.9. The van der Waals surface area contributed by atoms with Crippen LogP contribution >= 0.6 is 0 Å². The summed E-state index contributed by atoms with van der Waals surface area (Å²) < 4.78 is 9.03. The lowest BCUT2D eigenvalue weighted by Gasteiger charge is -2.36. The summed E-state index contributed by atoms with van der Waals surface area (Å²) >= 11 is 0. The Morgan fingerprint density at radius 3 is 2.35 bits per heavy atom. The molecule has 1 aliphatic rings. The summed E-state index contributed by atoms with van der Waals surface area (Å²) in [6, 6.07) is 25.8. The smallest absolute Gasteiger partial charge is 0.270 e. The van der Waals surface area contributed by atoms with Gasteiger partial charge >= 0.3 is 0 Å². The standard InChI is InChI=1S/C35H39N5O3/c1-4-5-12-31-30(23-26-15-17-27(18-16-26)29-11-7-6-10-28(29)24-36)35(42)37(2)40(31)25-34(41)39-21-19-38(20-22-39)32-13-8-9-14-33(32)43-3/h6-11,13-18H,4-5,12,19-23,25H2,1-3H3. The van der Waals surface area contributed by atoms with Crippen molar-refractivity contribution in [2.75, 3.05) is 38.2 Å². The van der Waals surface area contributed by atoms with Gasteiger partial charge in [-0.2, -0.15) is 5.26 Å². The van der Waals surface area contributed by atoms with Gasteiger partial charge in [0, 0.05) is 50.9 Å². The van der Waals surface area contributed by atoms with Crippen molar-refractivity contribution in [3.63, 3.8) is 0 Å². The molecule has 1 amide bonds. The number of aromatic nitrogens is 2. The number of amides is 1. The van der Waals surface area contributed by atoms with Gasteiger partial charge in [0.15, 0.2) is 0 Å². The molecule has 4 aromatic rings. The van der Waals surface area contributed by atoms with Crippen LogP contribution in [0.15, 0.2) is 77.6 Å². The first-order valence-corrected chi connectivity index (χ1v) is 15.0. The van der Waals surface area contributed by atoms with Gasteiger partial charge in [0.05, 0.1) is 24.4 Å². The number of rotatable bonds is 10. The minimum Gasteiger partial charge on any atom is -0.495 e. The van der Waals surface area contributed by atoms with Crippen molar-refractivity contribution in [2.24, 2.45) is 7.05 Å². The number of benzene rings is 3. The number of hydrogen-bond donors (Lipinski definition) is 0. The summed E-state index contributed by atoms with van der Waals surface area (Å²) in [6.07, 6.45) is 3.16. The third kappa shape index (κ3) is 6.36. The molecule has 5 rings (SSSR count). The lowest BCUT2D eigenvalue weighted by Crippen LogP contribution is -2.50. The first kappa shape index (κ1) is 29.7. The van der Waals surface area contributed by atoms with Gasteiger partial charge in [-0.05, 0) is 47.7 Å². The van der Waals surface area contributed by atoms with E-state index in [1.54, 1.807) is 18.8 Å². The number of nitriles is 1. The topological polar surface area (TPSA) is 83.5 Å². The van der Waals surface area contributed by atoms with Crippen LogP contribution in [0.25, 0.3) is 11.1 Å². The maximum Gasteiger partial charge on any atom is 0.270 e. The zero-order chi connectivity index (χ0) is 30.3. The summed E-state index contributed by atoms with van der Waals surface area (Å²) in [6.45, 7) is 4.95. The van der Waals surface area contributed by atoms with Crippen molar-refractivity contribution in [1.82, 2.24) is 14.3 Å². The monoisotopic (exact) mass is 577 g/mol. The van der Waals surface area contributed by atoms with Crippen LogP contribution in [-0.4, -0.2) is 53.5 Å². The number of ether oxygens (including phenoxy) is 1. The molecule has 8 heteroatoms. The number of hydrogen-bond acceptors (Lipinski definition) is 5. The van der Waals surface area contributed by atoms with Crippen molar-refractivity contribution in [1.29, 1.82) is 5.26 Å². The largest absolute Gasteiger partial charge is 0.495 e. The SMILES string of the molecule is CCCCc1c(Cc2ccc(-c3ccccc3C#N)cc2)c(=O)n(C)n1CC(=O)N1CCN(c2ccccc2OC)CC1. The Morgan fingerprint density at radius 2 is 1.65 bits per heavy atom. The van der Waals surface area contributed by atoms with Crippen LogP contribution in [0.1, 0.15) is 42.1 Å². The van der Waals surface area contributed by atoms with E-state index in [1.165, 1.54) is 0 Å². The van der Waals surface area contributed by atoms with Crippen LogP contribution in [-0.2, 0) is 31.2 Å². The molecule has 0 aliphatic carbocycles. The van der Waals surface area contributed by atoms with E-state index in [4.69, 9.17) is 4.74 Å². The fraction of sp³-hybridized carbons (Fsp3) is 0.343. The Kier molecular flexibility index (Phi) is 9.31. The van der Waals surface area contributed by atoms with E-state index in [-0.39, 0.29) is 18.0 Å². The average Bonchev–Trinajstić information content (AvgIpc) is 3.27. The highest BCUT2D eigenvalue weighted by molar-refractivity contribution is 5.76. The van der Waals surface area contributed by atoms with Gasteiger partial charge in [0.1, 0.15) is 12.3 Å². The van der Waals surface area contributed by atoms with Crippen molar-refractivity contribution in [3.8, 4) is 22.9 Å². The van der Waals surface area contributed by atoms with Crippen molar-refractivity contribution in [3.05, 3.63) is 106 Å². The lowest BCUT2D eigenvalue weighted by molar-refractivity contribution is -0.132. The van der Waals surface area contributed by atoms with Gasteiger partial charge in [0.25, 0.3) is 5.56 Å². The Balaban J connectivity index is 1.33. The fourth-order valence-electron chi connectivity index (χ4n) is 5.92. The van der Waals surface area contributed by atoms with Crippen LogP contribution < -0.4 is 15.2 Å². The van der Waals surface area contributed by atoms with E-state index >= 15 is 0 Å². The second-order valence-corrected chi connectivity index (χ2v) is 11.0. The van der Waals surface area contributed by atoms with Gasteiger partial charge in [-0.3, -0.25) is 19.0 Å². The molecule has 222 valence electrons. The molecule has 43 heavy (non-hydrogen) atoms. The number of piperazine rings is 1. The van der Waals surface area contributed by atoms with E-state index in [0.29, 0.717) is 25.1 Å². The fourth-order valence-corrected chi connectivity index (χ4v) is 5.92. The van der Waals surface area contributed by atoms with Gasteiger partial charge in [0.2, 0.25) is 5.91 Å². The molecular weight excluding hydrogens is 538 g/mol. The second kappa shape index (κ2) is 13.5. The molecule has 1 aromatic heterocycles. The number of methoxy groups -OCH3 is 1. The minimum atomic E-state index is -0.0567. The van der Waals surface area contributed by atoms with Crippen LogP contribution in [0.4, 0.5) is 5.69 Å². The number of carbonyl (C=O) groups is 1. The third-order valence-electron chi connectivity index (χ3n) is 8.38. The summed E-state index contributed by atoms with van der Waals surface area (Å²) in [5.41, 5.74) is 6.18.